The summed E-state index contributed by atoms with van der Waals surface area (Å²) in [7, 11) is 1.68. The number of ether oxygens (including phenoxy) is 2. The van der Waals surface area contributed by atoms with Gasteiger partial charge in [-0.15, -0.1) is 0 Å². The van der Waals surface area contributed by atoms with Gasteiger partial charge in [-0.25, -0.2) is 4.79 Å². The molecule has 1 heterocycles. The Morgan fingerprint density at radius 3 is 2.50 bits per heavy atom. The van der Waals surface area contributed by atoms with Gasteiger partial charge in [-0.3, -0.25) is 0 Å². The summed E-state index contributed by atoms with van der Waals surface area (Å²) in [6.07, 6.45) is 1.86. The fourth-order valence-electron chi connectivity index (χ4n) is 3.50. The van der Waals surface area contributed by atoms with Crippen LogP contribution in [0.5, 0.6) is 11.5 Å². The van der Waals surface area contributed by atoms with Crippen molar-refractivity contribution in [1.29, 1.82) is 0 Å². The Hall–Kier alpha value is -2.89. The Bertz CT molecular complexity index is 800. The van der Waals surface area contributed by atoms with E-state index in [1.807, 2.05) is 36.4 Å². The zero-order valence-corrected chi connectivity index (χ0v) is 18.2. The highest BCUT2D eigenvalue weighted by Gasteiger charge is 2.20. The molecule has 0 bridgehead atoms. The molecule has 0 radical (unpaired) electrons. The highest BCUT2D eigenvalue weighted by Crippen LogP contribution is 2.23. The monoisotopic (exact) mass is 411 g/mol. The number of carbonyl (C=O) groups is 1. The molecule has 1 aliphatic heterocycles. The van der Waals surface area contributed by atoms with Crippen molar-refractivity contribution in [1.82, 2.24) is 10.6 Å². The minimum Gasteiger partial charge on any atom is -0.497 e. The molecule has 0 saturated carbocycles. The smallest absolute Gasteiger partial charge is 0.315 e. The van der Waals surface area contributed by atoms with Gasteiger partial charge in [0.05, 0.1) is 13.7 Å². The van der Waals surface area contributed by atoms with Crippen molar-refractivity contribution >= 4 is 11.7 Å². The van der Waals surface area contributed by atoms with Gasteiger partial charge in [0.2, 0.25) is 0 Å². The van der Waals surface area contributed by atoms with Crippen molar-refractivity contribution in [2.24, 2.45) is 5.92 Å². The minimum atomic E-state index is -0.119. The number of rotatable bonds is 8. The van der Waals surface area contributed by atoms with E-state index >= 15 is 0 Å². The number of nitrogens with one attached hydrogen (secondary N) is 2. The third kappa shape index (κ3) is 6.58. The van der Waals surface area contributed by atoms with Crippen LogP contribution in [0.25, 0.3) is 0 Å². The second-order valence-corrected chi connectivity index (χ2v) is 8.14. The second-order valence-electron chi connectivity index (χ2n) is 8.14. The van der Waals surface area contributed by atoms with Crippen LogP contribution in [0.4, 0.5) is 10.5 Å². The molecule has 0 aliphatic carbocycles. The first-order valence-electron chi connectivity index (χ1n) is 10.7. The largest absolute Gasteiger partial charge is 0.497 e. The van der Waals surface area contributed by atoms with E-state index in [0.717, 1.165) is 43.0 Å². The number of carbonyl (C=O) groups excluding carboxylic acids is 1. The predicted octanol–water partition coefficient (Wildman–Crippen LogP) is 4.20. The second kappa shape index (κ2) is 10.8. The highest BCUT2D eigenvalue weighted by molar-refractivity contribution is 5.74. The lowest BCUT2D eigenvalue weighted by Gasteiger charge is -2.34. The van der Waals surface area contributed by atoms with Gasteiger partial charge in [-0.2, -0.15) is 0 Å². The average Bonchev–Trinajstić information content (AvgIpc) is 2.77. The topological polar surface area (TPSA) is 62.8 Å². The average molecular weight is 412 g/mol. The van der Waals surface area contributed by atoms with Crippen LogP contribution in [0.3, 0.4) is 0 Å². The van der Waals surface area contributed by atoms with Gasteiger partial charge in [0.1, 0.15) is 11.5 Å². The molecule has 6 heteroatoms. The van der Waals surface area contributed by atoms with Crippen LogP contribution in [0.15, 0.2) is 48.5 Å². The zero-order valence-electron chi connectivity index (χ0n) is 18.2. The maximum Gasteiger partial charge on any atom is 0.315 e. The van der Waals surface area contributed by atoms with E-state index in [1.165, 1.54) is 5.69 Å². The molecule has 6 nitrogen and oxygen atoms in total. The van der Waals surface area contributed by atoms with E-state index in [-0.39, 0.29) is 12.1 Å². The van der Waals surface area contributed by atoms with Crippen molar-refractivity contribution in [2.75, 3.05) is 31.7 Å². The molecule has 3 rings (SSSR count). The van der Waals surface area contributed by atoms with E-state index in [9.17, 15) is 4.79 Å². The van der Waals surface area contributed by atoms with Gasteiger partial charge >= 0.3 is 6.03 Å². The lowest BCUT2D eigenvalue weighted by molar-refractivity contribution is 0.234. The molecule has 162 valence electrons. The quantitative estimate of drug-likeness (QED) is 0.683. The van der Waals surface area contributed by atoms with E-state index < -0.39 is 0 Å². The third-order valence-electron chi connectivity index (χ3n) is 5.20. The fraction of sp³-hybridized carbons (Fsp3) is 0.458. The van der Waals surface area contributed by atoms with Crippen LogP contribution in [0.2, 0.25) is 0 Å². The number of methoxy groups -OCH3 is 1. The van der Waals surface area contributed by atoms with Gasteiger partial charge in [0.15, 0.2) is 0 Å². The first kappa shape index (κ1) is 21.8. The van der Waals surface area contributed by atoms with Gasteiger partial charge in [-0.1, -0.05) is 26.0 Å². The van der Waals surface area contributed by atoms with Gasteiger partial charge in [-0.05, 0) is 60.7 Å². The van der Waals surface area contributed by atoms with Crippen LogP contribution in [0, 0.1) is 5.92 Å². The Kier molecular flexibility index (Phi) is 7.82. The van der Waals surface area contributed by atoms with E-state index in [2.05, 4.69) is 41.5 Å². The Labute approximate surface area is 179 Å². The zero-order chi connectivity index (χ0) is 21.3. The molecule has 0 unspecified atom stereocenters. The summed E-state index contributed by atoms with van der Waals surface area (Å²) < 4.78 is 11.0. The first-order valence-corrected chi connectivity index (χ1v) is 10.7. The number of benzene rings is 2. The van der Waals surface area contributed by atoms with Gasteiger partial charge < -0.3 is 25.0 Å². The van der Waals surface area contributed by atoms with Crippen molar-refractivity contribution in [2.45, 2.75) is 39.3 Å². The van der Waals surface area contributed by atoms with Crippen LogP contribution < -0.4 is 25.0 Å². The molecule has 2 aromatic rings. The molecule has 0 atom stereocenters. The van der Waals surface area contributed by atoms with Crippen LogP contribution in [0.1, 0.15) is 32.3 Å². The molecule has 2 N–H and O–H groups in total. The number of urea groups is 1. The van der Waals surface area contributed by atoms with E-state index in [0.29, 0.717) is 19.1 Å². The number of hydrogen-bond donors (Lipinski definition) is 2. The highest BCUT2D eigenvalue weighted by atomic mass is 16.5. The fourth-order valence-corrected chi connectivity index (χ4v) is 3.50. The van der Waals surface area contributed by atoms with Crippen molar-refractivity contribution in [3.8, 4) is 11.5 Å². The number of amides is 2. The molecule has 1 aliphatic rings. The number of piperidine rings is 1. The summed E-state index contributed by atoms with van der Waals surface area (Å²) in [6, 6.07) is 16.1. The minimum absolute atomic E-state index is 0.119. The molecule has 2 aromatic carbocycles. The van der Waals surface area contributed by atoms with Crippen LogP contribution in [-0.4, -0.2) is 38.9 Å². The van der Waals surface area contributed by atoms with Crippen LogP contribution >= 0.6 is 0 Å². The standard InChI is InChI=1S/C24H33N3O3/c1-18(2)17-30-23-6-4-5-19(15-23)16-25-24(28)26-20-11-13-27(14-12-20)21-7-9-22(29-3)10-8-21/h4-10,15,18,20H,11-14,16-17H2,1-3H3,(H2,25,26,28). The number of nitrogens with zero attached hydrogens (tertiary/aromatic N) is 1. The Balaban J connectivity index is 1.40. The molecule has 0 aromatic heterocycles. The summed E-state index contributed by atoms with van der Waals surface area (Å²) in [5.74, 6) is 2.19. The maximum absolute atomic E-state index is 12.3. The molecular weight excluding hydrogens is 378 g/mol. The lowest BCUT2D eigenvalue weighted by Crippen LogP contribution is -2.47. The lowest BCUT2D eigenvalue weighted by atomic mass is 10.0. The van der Waals surface area contributed by atoms with Gasteiger partial charge in [0.25, 0.3) is 0 Å². The molecule has 0 spiro atoms. The van der Waals surface area contributed by atoms with Crippen molar-refractivity contribution in [3.63, 3.8) is 0 Å². The first-order chi connectivity index (χ1) is 14.5. The summed E-state index contributed by atoms with van der Waals surface area (Å²) in [6.45, 7) is 7.26. The number of anilines is 1. The molecule has 1 saturated heterocycles. The summed E-state index contributed by atoms with van der Waals surface area (Å²) >= 11 is 0. The van der Waals surface area contributed by atoms with Crippen LogP contribution in [-0.2, 0) is 6.54 Å². The Morgan fingerprint density at radius 1 is 1.10 bits per heavy atom. The van der Waals surface area contributed by atoms with E-state index in [4.69, 9.17) is 9.47 Å². The molecule has 1 fully saturated rings. The normalized spacial score (nSPS) is 14.5. The summed E-state index contributed by atoms with van der Waals surface area (Å²) in [4.78, 5) is 14.7. The Morgan fingerprint density at radius 2 is 1.83 bits per heavy atom. The van der Waals surface area contributed by atoms with Crippen molar-refractivity contribution in [3.05, 3.63) is 54.1 Å². The molecular formula is C24H33N3O3. The summed E-state index contributed by atoms with van der Waals surface area (Å²) in [5.41, 5.74) is 2.22. The van der Waals surface area contributed by atoms with Gasteiger partial charge in [0, 0.05) is 31.4 Å². The maximum atomic E-state index is 12.3. The van der Waals surface area contributed by atoms with E-state index in [1.54, 1.807) is 7.11 Å². The molecule has 2 amide bonds. The summed E-state index contributed by atoms with van der Waals surface area (Å²) in [5, 5.41) is 6.07. The predicted molar refractivity (Wildman–Crippen MR) is 120 cm³/mol. The number of hydrogen-bond acceptors (Lipinski definition) is 4. The van der Waals surface area contributed by atoms with Crippen molar-refractivity contribution < 1.29 is 14.3 Å². The molecule has 30 heavy (non-hydrogen) atoms. The SMILES string of the molecule is COc1ccc(N2CCC(NC(=O)NCc3cccc(OCC(C)C)c3)CC2)cc1. The third-order valence-corrected chi connectivity index (χ3v) is 5.20.